The van der Waals surface area contributed by atoms with Crippen molar-refractivity contribution >= 4 is 15.9 Å². The fraction of sp³-hybridized carbons (Fsp3) is 0.250. The van der Waals surface area contributed by atoms with Crippen molar-refractivity contribution in [3.63, 3.8) is 0 Å². The summed E-state index contributed by atoms with van der Waals surface area (Å²) < 4.78 is 21.1. The van der Waals surface area contributed by atoms with Crippen LogP contribution in [0.2, 0.25) is 0 Å². The van der Waals surface area contributed by atoms with E-state index in [9.17, 15) is 4.39 Å². The first-order valence-corrected chi connectivity index (χ1v) is 6.07. The molecular formula is C12H12BrFN2O. The Labute approximate surface area is 107 Å². The molecular weight excluding hydrogens is 287 g/mol. The van der Waals surface area contributed by atoms with Gasteiger partial charge in [-0.1, -0.05) is 15.9 Å². The molecule has 0 N–H and O–H groups in total. The fourth-order valence-corrected chi connectivity index (χ4v) is 1.97. The second kappa shape index (κ2) is 5.31. The summed E-state index contributed by atoms with van der Waals surface area (Å²) >= 11 is 3.24. The van der Waals surface area contributed by atoms with Crippen LogP contribution in [-0.4, -0.2) is 9.78 Å². The van der Waals surface area contributed by atoms with E-state index in [4.69, 9.17) is 4.74 Å². The molecule has 17 heavy (non-hydrogen) atoms. The predicted octanol–water partition coefficient (Wildman–Crippen LogP) is 3.38. The summed E-state index contributed by atoms with van der Waals surface area (Å²) in [6.07, 6.45) is 3.46. The lowest BCUT2D eigenvalue weighted by molar-refractivity contribution is 0.305. The van der Waals surface area contributed by atoms with Gasteiger partial charge in [-0.2, -0.15) is 5.10 Å². The summed E-state index contributed by atoms with van der Waals surface area (Å²) in [6.45, 7) is 3.13. The third kappa shape index (κ3) is 3.30. The molecule has 1 aromatic carbocycles. The molecule has 0 spiro atoms. The Morgan fingerprint density at radius 3 is 2.88 bits per heavy atom. The number of nitrogens with zero attached hydrogens (tertiary/aromatic N) is 2. The summed E-state index contributed by atoms with van der Waals surface area (Å²) in [5, 5.41) is 4.09. The van der Waals surface area contributed by atoms with Crippen molar-refractivity contribution in [3.05, 3.63) is 46.4 Å². The van der Waals surface area contributed by atoms with E-state index >= 15 is 0 Å². The number of ether oxygens (including phenoxy) is 1. The van der Waals surface area contributed by atoms with E-state index in [1.165, 1.54) is 12.1 Å². The molecule has 0 amide bonds. The third-order valence-corrected chi connectivity index (χ3v) is 2.72. The maximum atomic E-state index is 13.1. The van der Waals surface area contributed by atoms with Crippen molar-refractivity contribution in [2.75, 3.05) is 0 Å². The minimum absolute atomic E-state index is 0.276. The molecule has 0 bridgehead atoms. The Morgan fingerprint density at radius 1 is 1.41 bits per heavy atom. The SMILES string of the molecule is CCn1cc(OCc2cc(F)cc(Br)c2)cn1. The average Bonchev–Trinajstić information content (AvgIpc) is 2.73. The van der Waals surface area contributed by atoms with E-state index in [1.807, 2.05) is 19.2 Å². The van der Waals surface area contributed by atoms with Crippen LogP contribution in [0.1, 0.15) is 12.5 Å². The van der Waals surface area contributed by atoms with Crippen molar-refractivity contribution < 1.29 is 9.13 Å². The molecule has 0 unspecified atom stereocenters. The summed E-state index contributed by atoms with van der Waals surface area (Å²) in [5.74, 6) is 0.412. The second-order valence-corrected chi connectivity index (χ2v) is 4.51. The van der Waals surface area contributed by atoms with Gasteiger partial charge in [0.25, 0.3) is 0 Å². The van der Waals surface area contributed by atoms with E-state index in [0.717, 1.165) is 12.1 Å². The highest BCUT2D eigenvalue weighted by molar-refractivity contribution is 9.10. The minimum Gasteiger partial charge on any atom is -0.486 e. The van der Waals surface area contributed by atoms with Crippen LogP contribution >= 0.6 is 15.9 Å². The van der Waals surface area contributed by atoms with Gasteiger partial charge >= 0.3 is 0 Å². The molecule has 0 saturated heterocycles. The number of aryl methyl sites for hydroxylation is 1. The highest BCUT2D eigenvalue weighted by Crippen LogP contribution is 2.17. The largest absolute Gasteiger partial charge is 0.486 e. The maximum absolute atomic E-state index is 13.1. The van der Waals surface area contributed by atoms with Crippen molar-refractivity contribution in [3.8, 4) is 5.75 Å². The smallest absolute Gasteiger partial charge is 0.157 e. The van der Waals surface area contributed by atoms with Crippen molar-refractivity contribution in [2.24, 2.45) is 0 Å². The zero-order chi connectivity index (χ0) is 12.3. The van der Waals surface area contributed by atoms with Gasteiger partial charge in [0.05, 0.1) is 12.4 Å². The van der Waals surface area contributed by atoms with Crippen LogP contribution in [0.25, 0.3) is 0 Å². The van der Waals surface area contributed by atoms with Crippen LogP contribution in [0.5, 0.6) is 5.75 Å². The average molecular weight is 299 g/mol. The summed E-state index contributed by atoms with van der Waals surface area (Å²) in [6, 6.07) is 4.70. The number of aromatic nitrogens is 2. The monoisotopic (exact) mass is 298 g/mol. The van der Waals surface area contributed by atoms with E-state index in [1.54, 1.807) is 10.9 Å². The number of benzene rings is 1. The number of halogens is 2. The summed E-state index contributed by atoms with van der Waals surface area (Å²) in [5.41, 5.74) is 0.779. The molecule has 90 valence electrons. The zero-order valence-corrected chi connectivity index (χ0v) is 10.9. The molecule has 0 saturated carbocycles. The van der Waals surface area contributed by atoms with Crippen LogP contribution in [0.15, 0.2) is 35.1 Å². The molecule has 0 radical (unpaired) electrons. The Bertz CT molecular complexity index is 493. The van der Waals surface area contributed by atoms with Crippen molar-refractivity contribution in [2.45, 2.75) is 20.1 Å². The second-order valence-electron chi connectivity index (χ2n) is 3.60. The molecule has 2 aromatic rings. The van der Waals surface area contributed by atoms with E-state index < -0.39 is 0 Å². The first-order chi connectivity index (χ1) is 8.17. The lowest BCUT2D eigenvalue weighted by Crippen LogP contribution is -1.96. The molecule has 1 aromatic heterocycles. The van der Waals surface area contributed by atoms with Crippen LogP contribution < -0.4 is 4.74 Å². The van der Waals surface area contributed by atoms with Gasteiger partial charge in [-0.05, 0) is 30.7 Å². The lowest BCUT2D eigenvalue weighted by atomic mass is 10.2. The number of hydrogen-bond donors (Lipinski definition) is 0. The Morgan fingerprint density at radius 2 is 2.24 bits per heavy atom. The number of rotatable bonds is 4. The molecule has 0 aliphatic heterocycles. The highest BCUT2D eigenvalue weighted by Gasteiger charge is 2.02. The summed E-state index contributed by atoms with van der Waals surface area (Å²) in [4.78, 5) is 0. The minimum atomic E-state index is -0.276. The molecule has 0 aliphatic rings. The van der Waals surface area contributed by atoms with E-state index in [2.05, 4.69) is 21.0 Å². The van der Waals surface area contributed by atoms with Gasteiger partial charge in [-0.25, -0.2) is 4.39 Å². The van der Waals surface area contributed by atoms with Gasteiger partial charge in [0.15, 0.2) is 5.75 Å². The van der Waals surface area contributed by atoms with Gasteiger partial charge in [0.1, 0.15) is 12.4 Å². The van der Waals surface area contributed by atoms with Gasteiger partial charge in [-0.15, -0.1) is 0 Å². The molecule has 0 aliphatic carbocycles. The fourth-order valence-electron chi connectivity index (χ4n) is 1.45. The zero-order valence-electron chi connectivity index (χ0n) is 9.36. The first-order valence-electron chi connectivity index (χ1n) is 5.27. The molecule has 5 heteroatoms. The van der Waals surface area contributed by atoms with Crippen LogP contribution in [0.3, 0.4) is 0 Å². The maximum Gasteiger partial charge on any atom is 0.157 e. The van der Waals surface area contributed by atoms with Gasteiger partial charge in [0.2, 0.25) is 0 Å². The first kappa shape index (κ1) is 12.1. The molecule has 2 rings (SSSR count). The molecule has 1 heterocycles. The molecule has 0 atom stereocenters. The normalized spacial score (nSPS) is 10.5. The van der Waals surface area contributed by atoms with Crippen LogP contribution in [0.4, 0.5) is 4.39 Å². The van der Waals surface area contributed by atoms with E-state index in [-0.39, 0.29) is 5.82 Å². The number of hydrogen-bond acceptors (Lipinski definition) is 2. The molecule has 3 nitrogen and oxygen atoms in total. The predicted molar refractivity (Wildman–Crippen MR) is 66.3 cm³/mol. The van der Waals surface area contributed by atoms with Gasteiger partial charge in [-0.3, -0.25) is 4.68 Å². The topological polar surface area (TPSA) is 27.1 Å². The lowest BCUT2D eigenvalue weighted by Gasteiger charge is -2.04. The molecule has 0 fully saturated rings. The van der Waals surface area contributed by atoms with Crippen LogP contribution in [-0.2, 0) is 13.2 Å². The van der Waals surface area contributed by atoms with Crippen LogP contribution in [0, 0.1) is 5.82 Å². The standard InChI is InChI=1S/C12H12BrFN2O/c1-2-16-7-12(6-15-16)17-8-9-3-10(13)5-11(14)4-9/h3-7H,2,8H2,1H3. The van der Waals surface area contributed by atoms with E-state index in [0.29, 0.717) is 16.8 Å². The van der Waals surface area contributed by atoms with Gasteiger partial charge in [0, 0.05) is 11.0 Å². The van der Waals surface area contributed by atoms with Gasteiger partial charge < -0.3 is 4.74 Å². The summed E-state index contributed by atoms with van der Waals surface area (Å²) in [7, 11) is 0. The Balaban J connectivity index is 2.01. The Kier molecular flexibility index (Phi) is 3.78. The third-order valence-electron chi connectivity index (χ3n) is 2.26. The Hall–Kier alpha value is -1.36. The van der Waals surface area contributed by atoms with Crippen molar-refractivity contribution in [1.82, 2.24) is 9.78 Å². The van der Waals surface area contributed by atoms with Crippen molar-refractivity contribution in [1.29, 1.82) is 0 Å². The quantitative estimate of drug-likeness (QED) is 0.865. The highest BCUT2D eigenvalue weighted by atomic mass is 79.9.